The van der Waals surface area contributed by atoms with E-state index in [2.05, 4.69) is 20.1 Å². The monoisotopic (exact) mass is 127 g/mol. The summed E-state index contributed by atoms with van der Waals surface area (Å²) in [6.07, 6.45) is 6.27. The summed E-state index contributed by atoms with van der Waals surface area (Å²) >= 11 is 0. The molecule has 0 aliphatic rings. The van der Waals surface area contributed by atoms with Crippen molar-refractivity contribution in [3.05, 3.63) is 0 Å². The topological polar surface area (TPSA) is 17.1 Å². The highest BCUT2D eigenvalue weighted by molar-refractivity contribution is 5.54. The molecule has 0 N–H and O–H groups in total. The van der Waals surface area contributed by atoms with Gasteiger partial charge in [-0.05, 0) is 12.8 Å². The molecule has 0 amide bonds. The molecule has 0 fully saturated rings. The van der Waals surface area contributed by atoms with Crippen LogP contribution < -0.4 is 0 Å². The first-order valence-electron chi connectivity index (χ1n) is 3.72. The van der Waals surface area contributed by atoms with E-state index in [0.29, 0.717) is 0 Å². The maximum Gasteiger partial charge on any atom is 0.201 e. The Kier molecular flexibility index (Phi) is 5.59. The third-order valence-corrected chi connectivity index (χ3v) is 1.44. The van der Waals surface area contributed by atoms with Gasteiger partial charge in [0.1, 0.15) is 0 Å². The van der Waals surface area contributed by atoms with E-state index in [1.807, 2.05) is 0 Å². The number of rotatable bonds is 5. The summed E-state index contributed by atoms with van der Waals surface area (Å²) in [5, 5.41) is 0. The summed E-state index contributed by atoms with van der Waals surface area (Å²) in [5.74, 6) is 0.208. The predicted octanol–water partition coefficient (Wildman–Crippen LogP) is 2.31. The normalized spacial score (nSPS) is 10.1. The highest BCUT2D eigenvalue weighted by Crippen LogP contribution is 2.09. The molecule has 9 heavy (non-hydrogen) atoms. The van der Waals surface area contributed by atoms with Crippen LogP contribution in [-0.2, 0) is 4.79 Å². The molecular weight excluding hydrogens is 112 g/mol. The molecule has 0 saturated heterocycles. The van der Waals surface area contributed by atoms with Crippen molar-refractivity contribution in [2.24, 2.45) is 5.92 Å². The van der Waals surface area contributed by atoms with E-state index in [0.717, 1.165) is 25.7 Å². The van der Waals surface area contributed by atoms with Crippen molar-refractivity contribution in [3.8, 4) is 0 Å². The molecule has 1 nitrogen and oxygen atoms in total. The second-order valence-electron chi connectivity index (χ2n) is 2.39. The van der Waals surface area contributed by atoms with Crippen LogP contribution in [0.4, 0.5) is 0 Å². The lowest BCUT2D eigenvalue weighted by molar-refractivity contribution is 0.484. The fourth-order valence-corrected chi connectivity index (χ4v) is 0.959. The van der Waals surface area contributed by atoms with Gasteiger partial charge in [-0.2, -0.15) is 0 Å². The lowest BCUT2D eigenvalue weighted by atomic mass is 10.0. The van der Waals surface area contributed by atoms with Gasteiger partial charge in [0.15, 0.2) is 0 Å². The quantitative estimate of drug-likeness (QED) is 0.554. The minimum atomic E-state index is 0.208. The van der Waals surface area contributed by atoms with E-state index in [1.165, 1.54) is 0 Å². The third kappa shape index (κ3) is 4.19. The Bertz CT molecular complexity index is 63.0. The Hall–Kier alpha value is -0.330. The predicted molar refractivity (Wildman–Crippen MR) is 39.0 cm³/mol. The summed E-state index contributed by atoms with van der Waals surface area (Å²) in [4.78, 5) is 10.2. The smallest absolute Gasteiger partial charge is 0.201 e. The van der Waals surface area contributed by atoms with E-state index < -0.39 is 0 Å². The van der Waals surface area contributed by atoms with E-state index in [-0.39, 0.29) is 5.92 Å². The van der Waals surface area contributed by atoms with Crippen molar-refractivity contribution in [1.82, 2.24) is 0 Å². The molecule has 0 aromatic carbocycles. The van der Waals surface area contributed by atoms with Crippen molar-refractivity contribution in [1.29, 1.82) is 0 Å². The first-order valence-corrected chi connectivity index (χ1v) is 3.72. The molecule has 0 aliphatic heterocycles. The molecular formula is C8H15O. The molecule has 0 aromatic heterocycles. The minimum absolute atomic E-state index is 0.208. The lowest BCUT2D eigenvalue weighted by Crippen LogP contribution is -1.99. The molecule has 0 atom stereocenters. The largest absolute Gasteiger partial charge is 0.291 e. The summed E-state index contributed by atoms with van der Waals surface area (Å²) in [6, 6.07) is 0. The molecule has 1 radical (unpaired) electrons. The van der Waals surface area contributed by atoms with Crippen LogP contribution in [0.3, 0.4) is 0 Å². The Morgan fingerprint density at radius 2 is 1.67 bits per heavy atom. The van der Waals surface area contributed by atoms with Crippen LogP contribution in [0.2, 0.25) is 0 Å². The van der Waals surface area contributed by atoms with Crippen molar-refractivity contribution >= 4 is 6.29 Å². The zero-order valence-electron chi connectivity index (χ0n) is 6.31. The molecule has 0 saturated carbocycles. The summed E-state index contributed by atoms with van der Waals surface area (Å²) in [6.45, 7) is 4.19. The van der Waals surface area contributed by atoms with Gasteiger partial charge in [-0.1, -0.05) is 26.7 Å². The van der Waals surface area contributed by atoms with Crippen molar-refractivity contribution < 1.29 is 4.79 Å². The molecule has 0 unspecified atom stereocenters. The van der Waals surface area contributed by atoms with Gasteiger partial charge in [0.2, 0.25) is 6.29 Å². The Morgan fingerprint density at radius 1 is 1.22 bits per heavy atom. The number of hydrogen-bond donors (Lipinski definition) is 0. The van der Waals surface area contributed by atoms with E-state index in [9.17, 15) is 4.79 Å². The lowest BCUT2D eigenvalue weighted by Gasteiger charge is -2.03. The summed E-state index contributed by atoms with van der Waals surface area (Å²) in [7, 11) is 0. The number of carbonyl (C=O) groups excluding carboxylic acids is 1. The van der Waals surface area contributed by atoms with E-state index in [1.54, 1.807) is 0 Å². The highest BCUT2D eigenvalue weighted by Gasteiger charge is 2.03. The van der Waals surface area contributed by atoms with Crippen LogP contribution in [0.1, 0.15) is 39.5 Å². The van der Waals surface area contributed by atoms with Crippen molar-refractivity contribution in [2.45, 2.75) is 39.5 Å². The summed E-state index contributed by atoms with van der Waals surface area (Å²) < 4.78 is 0. The van der Waals surface area contributed by atoms with Gasteiger partial charge in [0.05, 0.1) is 0 Å². The Labute approximate surface area is 57.5 Å². The Morgan fingerprint density at radius 3 is 1.89 bits per heavy atom. The van der Waals surface area contributed by atoms with Crippen molar-refractivity contribution in [3.63, 3.8) is 0 Å². The molecule has 0 heterocycles. The third-order valence-electron chi connectivity index (χ3n) is 1.44. The standard InChI is InChI=1S/C8H15O/c1-3-5-8(7-9)6-4-2/h8H,3-6H2,1-2H3. The molecule has 0 rings (SSSR count). The van der Waals surface area contributed by atoms with Crippen LogP contribution in [0.15, 0.2) is 0 Å². The minimum Gasteiger partial charge on any atom is -0.291 e. The van der Waals surface area contributed by atoms with Gasteiger partial charge in [-0.3, -0.25) is 4.79 Å². The maximum absolute atomic E-state index is 10.2. The molecule has 0 spiro atoms. The molecule has 1 heteroatoms. The maximum atomic E-state index is 10.2. The average molecular weight is 127 g/mol. The van der Waals surface area contributed by atoms with Gasteiger partial charge < -0.3 is 0 Å². The highest BCUT2D eigenvalue weighted by atomic mass is 16.1. The SMILES string of the molecule is CCCC([C]=O)CCC. The van der Waals surface area contributed by atoms with Gasteiger partial charge in [-0.15, -0.1) is 0 Å². The van der Waals surface area contributed by atoms with Gasteiger partial charge in [0, 0.05) is 5.92 Å². The van der Waals surface area contributed by atoms with E-state index >= 15 is 0 Å². The molecule has 0 aliphatic carbocycles. The zero-order valence-corrected chi connectivity index (χ0v) is 6.31. The van der Waals surface area contributed by atoms with E-state index in [4.69, 9.17) is 0 Å². The fourth-order valence-electron chi connectivity index (χ4n) is 0.959. The summed E-state index contributed by atoms with van der Waals surface area (Å²) in [5.41, 5.74) is 0. The van der Waals surface area contributed by atoms with Crippen LogP contribution in [-0.4, -0.2) is 6.29 Å². The fraction of sp³-hybridized carbons (Fsp3) is 0.875. The van der Waals surface area contributed by atoms with Crippen LogP contribution in [0.5, 0.6) is 0 Å². The van der Waals surface area contributed by atoms with Gasteiger partial charge >= 0.3 is 0 Å². The molecule has 0 bridgehead atoms. The average Bonchev–Trinajstić information content (AvgIpc) is 1.88. The Balaban J connectivity index is 3.29. The second kappa shape index (κ2) is 5.80. The molecule has 53 valence electrons. The molecule has 0 aromatic rings. The number of hydrogen-bond acceptors (Lipinski definition) is 1. The first kappa shape index (κ1) is 8.67. The van der Waals surface area contributed by atoms with Crippen molar-refractivity contribution in [2.75, 3.05) is 0 Å². The van der Waals surface area contributed by atoms with Crippen LogP contribution in [0, 0.1) is 5.92 Å². The van der Waals surface area contributed by atoms with Gasteiger partial charge in [-0.25, -0.2) is 0 Å². The first-order chi connectivity index (χ1) is 4.35. The van der Waals surface area contributed by atoms with Gasteiger partial charge in [0.25, 0.3) is 0 Å². The van der Waals surface area contributed by atoms with Crippen LogP contribution >= 0.6 is 0 Å². The van der Waals surface area contributed by atoms with Crippen LogP contribution in [0.25, 0.3) is 0 Å². The zero-order chi connectivity index (χ0) is 7.11. The second-order valence-corrected chi connectivity index (χ2v) is 2.39.